The van der Waals surface area contributed by atoms with Gasteiger partial charge in [0.2, 0.25) is 5.91 Å². The van der Waals surface area contributed by atoms with Gasteiger partial charge < -0.3 is 9.80 Å². The maximum Gasteiger partial charge on any atom is 0.235 e. The number of benzene rings is 1. The van der Waals surface area contributed by atoms with Crippen LogP contribution in [0.4, 0.5) is 5.69 Å². The van der Waals surface area contributed by atoms with E-state index in [9.17, 15) is 4.79 Å². The molecule has 0 aliphatic carbocycles. The minimum Gasteiger partial charge on any atom is -0.368 e. The van der Waals surface area contributed by atoms with Crippen LogP contribution >= 0.6 is 23.1 Å². The first-order valence-corrected chi connectivity index (χ1v) is 10.4. The zero-order chi connectivity index (χ0) is 17.9. The molecule has 1 amide bonds. The number of carbonyl (C=O) groups excluding carboxylic acids is 1. The summed E-state index contributed by atoms with van der Waals surface area (Å²) in [5, 5.41) is 2.76. The van der Waals surface area contributed by atoms with Gasteiger partial charge in [0.25, 0.3) is 0 Å². The molecule has 134 valence electrons. The van der Waals surface area contributed by atoms with Crippen molar-refractivity contribution < 1.29 is 4.79 Å². The Kier molecular flexibility index (Phi) is 5.08. The Hall–Kier alpha value is -2.12. The van der Waals surface area contributed by atoms with Crippen molar-refractivity contribution in [2.75, 3.05) is 31.1 Å². The molecular weight excluding hydrogens is 364 g/mol. The van der Waals surface area contributed by atoms with Crippen molar-refractivity contribution in [2.45, 2.75) is 17.2 Å². The molecule has 1 aliphatic heterocycles. The van der Waals surface area contributed by atoms with Gasteiger partial charge in [-0.2, -0.15) is 0 Å². The molecule has 0 N–H and O–H groups in total. The molecule has 0 spiro atoms. The van der Waals surface area contributed by atoms with Crippen LogP contribution in [0, 0.1) is 0 Å². The molecule has 4 rings (SSSR count). The number of aromatic nitrogens is 2. The van der Waals surface area contributed by atoms with Crippen LogP contribution in [0.1, 0.15) is 6.92 Å². The minimum absolute atomic E-state index is 0.154. The van der Waals surface area contributed by atoms with E-state index in [0.29, 0.717) is 0 Å². The molecule has 2 aromatic heterocycles. The highest BCUT2D eigenvalue weighted by Gasteiger charge is 2.26. The van der Waals surface area contributed by atoms with Crippen molar-refractivity contribution in [3.05, 3.63) is 48.1 Å². The zero-order valence-corrected chi connectivity index (χ0v) is 16.2. The molecule has 5 nitrogen and oxygen atoms in total. The lowest BCUT2D eigenvalue weighted by Gasteiger charge is -2.37. The van der Waals surface area contributed by atoms with Crippen LogP contribution < -0.4 is 4.90 Å². The second-order valence-corrected chi connectivity index (χ2v) is 8.47. The lowest BCUT2D eigenvalue weighted by molar-refractivity contribution is -0.130. The number of carbonyl (C=O) groups is 1. The van der Waals surface area contributed by atoms with E-state index in [1.54, 1.807) is 17.7 Å². The molecule has 3 heterocycles. The number of thioether (sulfide) groups is 1. The van der Waals surface area contributed by atoms with Gasteiger partial charge in [0.1, 0.15) is 11.4 Å². The first-order chi connectivity index (χ1) is 12.7. The number of hydrogen-bond acceptors (Lipinski definition) is 6. The molecular formula is C19H20N4OS2. The quantitative estimate of drug-likeness (QED) is 0.509. The Morgan fingerprint density at radius 3 is 2.65 bits per heavy atom. The Morgan fingerprint density at radius 1 is 1.12 bits per heavy atom. The van der Waals surface area contributed by atoms with Gasteiger partial charge >= 0.3 is 0 Å². The summed E-state index contributed by atoms with van der Waals surface area (Å²) in [5.74, 6) is 0.186. The lowest BCUT2D eigenvalue weighted by atomic mass is 10.2. The van der Waals surface area contributed by atoms with E-state index in [1.165, 1.54) is 17.4 Å². The van der Waals surface area contributed by atoms with Crippen LogP contribution in [0.25, 0.3) is 10.2 Å². The highest BCUT2D eigenvalue weighted by Crippen LogP contribution is 2.32. The normalized spacial score (nSPS) is 16.0. The third-order valence-corrected chi connectivity index (χ3v) is 6.69. The number of piperazine rings is 1. The van der Waals surface area contributed by atoms with Gasteiger partial charge in [0.15, 0.2) is 0 Å². The van der Waals surface area contributed by atoms with Crippen molar-refractivity contribution in [2.24, 2.45) is 0 Å². The van der Waals surface area contributed by atoms with Crippen LogP contribution in [0.5, 0.6) is 0 Å². The third kappa shape index (κ3) is 3.54. The molecule has 1 saturated heterocycles. The van der Waals surface area contributed by atoms with Crippen molar-refractivity contribution in [1.82, 2.24) is 14.9 Å². The van der Waals surface area contributed by atoms with Crippen LogP contribution in [-0.2, 0) is 4.79 Å². The number of rotatable bonds is 4. The Balaban J connectivity index is 1.38. The summed E-state index contributed by atoms with van der Waals surface area (Å²) in [7, 11) is 0. The highest BCUT2D eigenvalue weighted by atomic mass is 32.2. The number of thiophene rings is 1. The van der Waals surface area contributed by atoms with E-state index < -0.39 is 0 Å². The van der Waals surface area contributed by atoms with E-state index in [4.69, 9.17) is 0 Å². The lowest BCUT2D eigenvalue weighted by Crippen LogP contribution is -2.50. The number of nitrogens with zero attached hydrogens (tertiary/aromatic N) is 4. The summed E-state index contributed by atoms with van der Waals surface area (Å²) in [6, 6.07) is 12.4. The summed E-state index contributed by atoms with van der Waals surface area (Å²) >= 11 is 3.15. The van der Waals surface area contributed by atoms with Gasteiger partial charge in [0.05, 0.1) is 15.5 Å². The van der Waals surface area contributed by atoms with Crippen LogP contribution in [-0.4, -0.2) is 52.2 Å². The Morgan fingerprint density at radius 2 is 1.88 bits per heavy atom. The highest BCUT2D eigenvalue weighted by molar-refractivity contribution is 8.00. The average molecular weight is 385 g/mol. The number of para-hydroxylation sites is 1. The third-order valence-electron chi connectivity index (χ3n) is 4.56. The van der Waals surface area contributed by atoms with Crippen LogP contribution in [0.3, 0.4) is 0 Å². The van der Waals surface area contributed by atoms with Gasteiger partial charge in [0, 0.05) is 31.9 Å². The predicted octanol–water partition coefficient (Wildman–Crippen LogP) is 3.52. The van der Waals surface area contributed by atoms with Crippen LogP contribution in [0.15, 0.2) is 53.1 Å². The first-order valence-electron chi connectivity index (χ1n) is 8.66. The Bertz CT molecular complexity index is 891. The number of fused-ring (bicyclic) bond motifs is 1. The largest absolute Gasteiger partial charge is 0.368 e. The fourth-order valence-electron chi connectivity index (χ4n) is 3.15. The minimum atomic E-state index is -0.154. The van der Waals surface area contributed by atoms with E-state index in [2.05, 4.69) is 39.1 Å². The van der Waals surface area contributed by atoms with E-state index in [0.717, 1.165) is 41.4 Å². The average Bonchev–Trinajstić information content (AvgIpc) is 3.18. The number of anilines is 1. The maximum atomic E-state index is 12.9. The monoisotopic (exact) mass is 384 g/mol. The zero-order valence-electron chi connectivity index (χ0n) is 14.5. The molecule has 0 radical (unpaired) electrons. The second-order valence-electron chi connectivity index (χ2n) is 6.22. The molecule has 1 unspecified atom stereocenters. The molecule has 7 heteroatoms. The van der Waals surface area contributed by atoms with Gasteiger partial charge in [-0.25, -0.2) is 9.97 Å². The molecule has 1 fully saturated rings. The fourth-order valence-corrected chi connectivity index (χ4v) is 5.07. The summed E-state index contributed by atoms with van der Waals surface area (Å²) in [6.07, 6.45) is 1.58. The van der Waals surface area contributed by atoms with Gasteiger partial charge in [-0.15, -0.1) is 11.3 Å². The van der Waals surface area contributed by atoms with Crippen LogP contribution in [0.2, 0.25) is 0 Å². The van der Waals surface area contributed by atoms with Crippen molar-refractivity contribution >= 4 is 44.9 Å². The van der Waals surface area contributed by atoms with Gasteiger partial charge in [-0.05, 0) is 30.5 Å². The molecule has 26 heavy (non-hydrogen) atoms. The molecule has 0 saturated carbocycles. The van der Waals surface area contributed by atoms with Crippen molar-refractivity contribution in [3.63, 3.8) is 0 Å². The molecule has 3 aromatic rings. The standard InChI is InChI=1S/C19H20N4OS2/c1-14(26-18-17-16(7-12-25-17)20-13-21-18)19(24)23-10-8-22(9-11-23)15-5-3-2-4-6-15/h2-7,12-14H,8-11H2,1H3. The first kappa shape index (κ1) is 17.3. The maximum absolute atomic E-state index is 12.9. The summed E-state index contributed by atoms with van der Waals surface area (Å²) in [4.78, 5) is 25.8. The fraction of sp³-hybridized carbons (Fsp3) is 0.316. The second kappa shape index (κ2) is 7.63. The summed E-state index contributed by atoms with van der Waals surface area (Å²) in [6.45, 7) is 5.23. The van der Waals surface area contributed by atoms with E-state index >= 15 is 0 Å². The van der Waals surface area contributed by atoms with Crippen molar-refractivity contribution in [3.8, 4) is 0 Å². The smallest absolute Gasteiger partial charge is 0.235 e. The Labute approximate surface area is 161 Å². The summed E-state index contributed by atoms with van der Waals surface area (Å²) < 4.78 is 1.06. The van der Waals surface area contributed by atoms with Gasteiger partial charge in [-0.3, -0.25) is 4.79 Å². The summed E-state index contributed by atoms with van der Waals surface area (Å²) in [5.41, 5.74) is 2.17. The van der Waals surface area contributed by atoms with E-state index in [-0.39, 0.29) is 11.2 Å². The number of hydrogen-bond donors (Lipinski definition) is 0. The SMILES string of the molecule is CC(Sc1ncnc2ccsc12)C(=O)N1CCN(c2ccccc2)CC1. The molecule has 1 atom stereocenters. The van der Waals surface area contributed by atoms with Crippen molar-refractivity contribution in [1.29, 1.82) is 0 Å². The number of amides is 1. The topological polar surface area (TPSA) is 49.3 Å². The molecule has 0 bridgehead atoms. The predicted molar refractivity (Wildman–Crippen MR) is 108 cm³/mol. The molecule has 1 aliphatic rings. The van der Waals surface area contributed by atoms with E-state index in [1.807, 2.05) is 29.3 Å². The molecule has 1 aromatic carbocycles. The van der Waals surface area contributed by atoms with Gasteiger partial charge in [-0.1, -0.05) is 30.0 Å².